The molecule has 1 aromatic rings. The highest BCUT2D eigenvalue weighted by molar-refractivity contribution is 5.79. The van der Waals surface area contributed by atoms with Crippen LogP contribution < -0.4 is 0 Å². The molecule has 6 heteroatoms. The number of aryl methyl sites for hydroxylation is 2. The number of imidazole rings is 1. The Morgan fingerprint density at radius 2 is 2.04 bits per heavy atom. The lowest BCUT2D eigenvalue weighted by Gasteiger charge is -2.36. The van der Waals surface area contributed by atoms with Gasteiger partial charge < -0.3 is 9.47 Å². The molecule has 3 aliphatic heterocycles. The Morgan fingerprint density at radius 3 is 2.75 bits per heavy atom. The minimum atomic E-state index is -0.369. The van der Waals surface area contributed by atoms with Gasteiger partial charge in [-0.2, -0.15) is 0 Å². The van der Waals surface area contributed by atoms with E-state index < -0.39 is 0 Å². The molecule has 1 aromatic heterocycles. The molecular formula is C18H27FN4O. The number of hydrogen-bond acceptors (Lipinski definition) is 3. The molecule has 132 valence electrons. The van der Waals surface area contributed by atoms with Crippen molar-refractivity contribution in [1.29, 1.82) is 0 Å². The quantitative estimate of drug-likeness (QED) is 0.846. The normalized spacial score (nSPS) is 26.1. The largest absolute Gasteiger partial charge is 0.339 e. The highest BCUT2D eigenvalue weighted by Crippen LogP contribution is 2.26. The number of hydrogen-bond donors (Lipinski definition) is 0. The zero-order chi connectivity index (χ0) is 16.5. The smallest absolute Gasteiger partial charge is 0.223 e. The van der Waals surface area contributed by atoms with E-state index in [1.54, 1.807) is 0 Å². The maximum absolute atomic E-state index is 12.8. The number of alkyl halides is 1. The van der Waals surface area contributed by atoms with Gasteiger partial charge in [0.05, 0.1) is 12.4 Å². The Morgan fingerprint density at radius 1 is 1.21 bits per heavy atom. The number of rotatable bonds is 4. The van der Waals surface area contributed by atoms with Gasteiger partial charge in [-0.05, 0) is 25.7 Å². The molecule has 2 saturated heterocycles. The van der Waals surface area contributed by atoms with Crippen molar-refractivity contribution < 1.29 is 9.18 Å². The van der Waals surface area contributed by atoms with Crippen molar-refractivity contribution in [3.05, 3.63) is 17.7 Å². The molecule has 1 atom stereocenters. The molecule has 4 heterocycles. The van der Waals surface area contributed by atoms with Crippen LogP contribution in [0.15, 0.2) is 6.20 Å². The summed E-state index contributed by atoms with van der Waals surface area (Å²) in [5, 5.41) is 0. The molecule has 0 saturated carbocycles. The summed E-state index contributed by atoms with van der Waals surface area (Å²) in [5.41, 5.74) is 1.18. The van der Waals surface area contributed by atoms with Gasteiger partial charge >= 0.3 is 0 Å². The van der Waals surface area contributed by atoms with Crippen LogP contribution in [-0.2, 0) is 24.3 Å². The minimum Gasteiger partial charge on any atom is -0.339 e. The first kappa shape index (κ1) is 16.1. The van der Waals surface area contributed by atoms with Crippen LogP contribution >= 0.6 is 0 Å². The summed E-state index contributed by atoms with van der Waals surface area (Å²) in [6, 6.07) is 0.306. The monoisotopic (exact) mass is 334 g/mol. The first-order valence-corrected chi connectivity index (χ1v) is 9.35. The zero-order valence-corrected chi connectivity index (χ0v) is 14.3. The second-order valence-electron chi connectivity index (χ2n) is 7.58. The predicted octanol–water partition coefficient (Wildman–Crippen LogP) is 2.00. The van der Waals surface area contributed by atoms with Crippen molar-refractivity contribution in [2.45, 2.75) is 57.7 Å². The second kappa shape index (κ2) is 6.82. The van der Waals surface area contributed by atoms with Crippen LogP contribution in [0.1, 0.15) is 43.6 Å². The highest BCUT2D eigenvalue weighted by atomic mass is 19.1. The van der Waals surface area contributed by atoms with Crippen LogP contribution in [0.25, 0.3) is 0 Å². The molecule has 1 unspecified atom stereocenters. The van der Waals surface area contributed by atoms with E-state index in [2.05, 4.69) is 15.7 Å². The molecule has 0 N–H and O–H groups in total. The SMILES string of the molecule is O=C1CC(CF)CN1C1CCN(Cc2cn3c(n2)CCCC3)CC1. The van der Waals surface area contributed by atoms with Crippen LogP contribution in [-0.4, -0.2) is 57.6 Å². The summed E-state index contributed by atoms with van der Waals surface area (Å²) < 4.78 is 15.1. The summed E-state index contributed by atoms with van der Waals surface area (Å²) in [6.45, 7) is 4.26. The van der Waals surface area contributed by atoms with Crippen molar-refractivity contribution in [2.24, 2.45) is 5.92 Å². The van der Waals surface area contributed by atoms with E-state index in [-0.39, 0.29) is 18.5 Å². The van der Waals surface area contributed by atoms with Gasteiger partial charge in [0.25, 0.3) is 0 Å². The third-order valence-corrected chi connectivity index (χ3v) is 5.80. The molecule has 0 bridgehead atoms. The minimum absolute atomic E-state index is 0.0765. The van der Waals surface area contributed by atoms with E-state index in [1.807, 2.05) is 4.90 Å². The number of amides is 1. The standard InChI is InChI=1S/C18H27FN4O/c19-10-14-9-18(24)23(11-14)16-4-7-21(8-5-16)12-15-13-22-6-2-1-3-17(22)20-15/h13-14,16H,1-12H2. The van der Waals surface area contributed by atoms with E-state index in [4.69, 9.17) is 4.98 Å². The van der Waals surface area contributed by atoms with Crippen LogP contribution in [0.2, 0.25) is 0 Å². The van der Waals surface area contributed by atoms with Crippen molar-refractivity contribution >= 4 is 5.91 Å². The molecule has 4 rings (SSSR count). The predicted molar refractivity (Wildman–Crippen MR) is 89.3 cm³/mol. The number of nitrogens with zero attached hydrogens (tertiary/aromatic N) is 4. The fourth-order valence-electron chi connectivity index (χ4n) is 4.43. The van der Waals surface area contributed by atoms with Gasteiger partial charge in [-0.3, -0.25) is 14.1 Å². The van der Waals surface area contributed by atoms with E-state index in [0.29, 0.717) is 19.0 Å². The lowest BCUT2D eigenvalue weighted by molar-refractivity contribution is -0.130. The zero-order valence-electron chi connectivity index (χ0n) is 14.3. The van der Waals surface area contributed by atoms with Gasteiger partial charge in [0.15, 0.2) is 0 Å². The average molecular weight is 334 g/mol. The fraction of sp³-hybridized carbons (Fsp3) is 0.778. The van der Waals surface area contributed by atoms with Gasteiger partial charge in [-0.1, -0.05) is 0 Å². The molecule has 1 amide bonds. The third kappa shape index (κ3) is 3.21. The molecule has 0 radical (unpaired) electrons. The van der Waals surface area contributed by atoms with Crippen molar-refractivity contribution in [3.63, 3.8) is 0 Å². The number of aromatic nitrogens is 2. The summed E-state index contributed by atoms with van der Waals surface area (Å²) in [5.74, 6) is 1.32. The van der Waals surface area contributed by atoms with Gasteiger partial charge in [0.2, 0.25) is 5.91 Å². The lowest BCUT2D eigenvalue weighted by atomic mass is 10.0. The number of carbonyl (C=O) groups excluding carboxylic acids is 1. The maximum Gasteiger partial charge on any atom is 0.223 e. The Labute approximate surface area is 142 Å². The van der Waals surface area contributed by atoms with Gasteiger partial charge in [0, 0.05) is 63.7 Å². The molecule has 0 aromatic carbocycles. The second-order valence-corrected chi connectivity index (χ2v) is 7.58. The molecule has 3 aliphatic rings. The summed E-state index contributed by atoms with van der Waals surface area (Å²) >= 11 is 0. The number of fused-ring (bicyclic) bond motifs is 1. The Bertz CT molecular complexity index is 570. The molecular weight excluding hydrogens is 307 g/mol. The van der Waals surface area contributed by atoms with Crippen LogP contribution in [0.4, 0.5) is 4.39 Å². The Hall–Kier alpha value is -1.43. The average Bonchev–Trinajstić information content (AvgIpc) is 3.18. The van der Waals surface area contributed by atoms with Crippen molar-refractivity contribution in [1.82, 2.24) is 19.4 Å². The highest BCUT2D eigenvalue weighted by Gasteiger charge is 2.35. The molecule has 5 nitrogen and oxygen atoms in total. The van der Waals surface area contributed by atoms with Gasteiger partial charge in [-0.15, -0.1) is 0 Å². The fourth-order valence-corrected chi connectivity index (χ4v) is 4.43. The van der Waals surface area contributed by atoms with Crippen molar-refractivity contribution in [3.8, 4) is 0 Å². The lowest BCUT2D eigenvalue weighted by Crippen LogP contribution is -2.45. The van der Waals surface area contributed by atoms with E-state index in [9.17, 15) is 9.18 Å². The Balaban J connectivity index is 1.30. The van der Waals surface area contributed by atoms with Gasteiger partial charge in [-0.25, -0.2) is 4.98 Å². The van der Waals surface area contributed by atoms with Crippen molar-refractivity contribution in [2.75, 3.05) is 26.3 Å². The van der Waals surface area contributed by atoms with E-state index >= 15 is 0 Å². The number of likely N-dealkylation sites (tertiary alicyclic amines) is 2. The molecule has 2 fully saturated rings. The van der Waals surface area contributed by atoms with E-state index in [0.717, 1.165) is 45.4 Å². The molecule has 24 heavy (non-hydrogen) atoms. The summed E-state index contributed by atoms with van der Waals surface area (Å²) in [6.07, 6.45) is 8.24. The molecule has 0 spiro atoms. The number of piperidine rings is 1. The topological polar surface area (TPSA) is 41.4 Å². The summed E-state index contributed by atoms with van der Waals surface area (Å²) in [4.78, 5) is 21.2. The Kier molecular flexibility index (Phi) is 4.57. The van der Waals surface area contributed by atoms with Crippen LogP contribution in [0.3, 0.4) is 0 Å². The van der Waals surface area contributed by atoms with Crippen LogP contribution in [0.5, 0.6) is 0 Å². The number of carbonyl (C=O) groups is 1. The summed E-state index contributed by atoms with van der Waals surface area (Å²) in [7, 11) is 0. The molecule has 0 aliphatic carbocycles. The maximum atomic E-state index is 12.8. The van der Waals surface area contributed by atoms with E-state index in [1.165, 1.54) is 24.4 Å². The third-order valence-electron chi connectivity index (χ3n) is 5.80. The van der Waals surface area contributed by atoms with Crippen LogP contribution in [0, 0.1) is 5.92 Å². The van der Waals surface area contributed by atoms with Gasteiger partial charge in [0.1, 0.15) is 5.82 Å². The number of halogens is 1. The first-order valence-electron chi connectivity index (χ1n) is 9.35. The first-order chi connectivity index (χ1) is 11.7.